The van der Waals surface area contributed by atoms with Gasteiger partial charge in [-0.25, -0.2) is 0 Å². The summed E-state index contributed by atoms with van der Waals surface area (Å²) in [6.07, 6.45) is 1.26. The van der Waals surface area contributed by atoms with E-state index in [1.807, 2.05) is 24.3 Å². The molecule has 0 unspecified atom stereocenters. The number of ether oxygens (including phenoxy) is 2. The van der Waals surface area contributed by atoms with Crippen molar-refractivity contribution in [2.45, 2.75) is 57.4 Å². The van der Waals surface area contributed by atoms with Crippen LogP contribution in [0.5, 0.6) is 5.75 Å². The topological polar surface area (TPSA) is 96.9 Å². The fraction of sp³-hybridized carbons (Fsp3) is 0.579. The van der Waals surface area contributed by atoms with E-state index in [9.17, 15) is 14.7 Å². The minimum absolute atomic E-state index is 0.0623. The van der Waals surface area contributed by atoms with Gasteiger partial charge in [0.25, 0.3) is 0 Å². The van der Waals surface area contributed by atoms with Gasteiger partial charge < -0.3 is 25.2 Å². The van der Waals surface area contributed by atoms with Crippen LogP contribution in [-0.2, 0) is 20.9 Å². The van der Waals surface area contributed by atoms with Crippen molar-refractivity contribution < 1.29 is 24.2 Å². The van der Waals surface area contributed by atoms with E-state index < -0.39 is 6.10 Å². The van der Waals surface area contributed by atoms with E-state index in [2.05, 4.69) is 10.6 Å². The van der Waals surface area contributed by atoms with Gasteiger partial charge in [-0.2, -0.15) is 0 Å². The third kappa shape index (κ3) is 6.00. The van der Waals surface area contributed by atoms with Gasteiger partial charge in [0.15, 0.2) is 0 Å². The third-order valence-corrected chi connectivity index (χ3v) is 4.52. The molecule has 144 valence electrons. The van der Waals surface area contributed by atoms with E-state index in [0.29, 0.717) is 25.8 Å². The molecule has 3 atom stereocenters. The van der Waals surface area contributed by atoms with E-state index in [1.165, 1.54) is 0 Å². The second-order valence-corrected chi connectivity index (χ2v) is 6.41. The number of hydrogen-bond acceptors (Lipinski definition) is 5. The van der Waals surface area contributed by atoms with Crippen LogP contribution in [0.3, 0.4) is 0 Å². The average molecular weight is 364 g/mol. The normalized spacial score (nSPS) is 22.5. The van der Waals surface area contributed by atoms with Crippen LogP contribution in [-0.4, -0.2) is 48.9 Å². The third-order valence-electron chi connectivity index (χ3n) is 4.52. The van der Waals surface area contributed by atoms with Crippen molar-refractivity contribution in [3.63, 3.8) is 0 Å². The second-order valence-electron chi connectivity index (χ2n) is 6.41. The predicted octanol–water partition coefficient (Wildman–Crippen LogP) is 1.14. The first-order chi connectivity index (χ1) is 12.5. The van der Waals surface area contributed by atoms with Crippen molar-refractivity contribution in [1.29, 1.82) is 0 Å². The van der Waals surface area contributed by atoms with E-state index in [1.54, 1.807) is 14.0 Å². The highest BCUT2D eigenvalue weighted by Crippen LogP contribution is 2.22. The highest BCUT2D eigenvalue weighted by Gasteiger charge is 2.32. The number of amides is 2. The highest BCUT2D eigenvalue weighted by atomic mass is 16.5. The van der Waals surface area contributed by atoms with Crippen LogP contribution < -0.4 is 15.4 Å². The van der Waals surface area contributed by atoms with Crippen LogP contribution in [0.4, 0.5) is 0 Å². The van der Waals surface area contributed by atoms with E-state index in [0.717, 1.165) is 11.3 Å². The van der Waals surface area contributed by atoms with Crippen LogP contribution in [0, 0.1) is 0 Å². The van der Waals surface area contributed by atoms with Crippen molar-refractivity contribution in [1.82, 2.24) is 10.6 Å². The van der Waals surface area contributed by atoms with Crippen molar-refractivity contribution in [2.24, 2.45) is 0 Å². The first-order valence-corrected chi connectivity index (χ1v) is 9.01. The number of benzene rings is 1. The fourth-order valence-electron chi connectivity index (χ4n) is 2.98. The minimum Gasteiger partial charge on any atom is -0.497 e. The van der Waals surface area contributed by atoms with Gasteiger partial charge in [-0.05, 0) is 30.5 Å². The molecule has 0 bridgehead atoms. The number of methoxy groups -OCH3 is 1. The molecule has 1 aromatic rings. The lowest BCUT2D eigenvalue weighted by atomic mass is 9.96. The Hall–Kier alpha value is -2.12. The Morgan fingerprint density at radius 2 is 1.96 bits per heavy atom. The van der Waals surface area contributed by atoms with Crippen molar-refractivity contribution >= 4 is 11.8 Å². The Balaban J connectivity index is 1.77. The summed E-state index contributed by atoms with van der Waals surface area (Å²) in [5.41, 5.74) is 0.985. The van der Waals surface area contributed by atoms with Gasteiger partial charge in [0.05, 0.1) is 32.3 Å². The Kier molecular flexibility index (Phi) is 7.87. The van der Waals surface area contributed by atoms with E-state index >= 15 is 0 Å². The summed E-state index contributed by atoms with van der Waals surface area (Å²) in [5, 5.41) is 15.2. The smallest absolute Gasteiger partial charge is 0.222 e. The molecule has 26 heavy (non-hydrogen) atoms. The minimum atomic E-state index is -0.473. The molecule has 0 aliphatic carbocycles. The van der Waals surface area contributed by atoms with Gasteiger partial charge in [0.2, 0.25) is 11.8 Å². The Morgan fingerprint density at radius 1 is 1.23 bits per heavy atom. The average Bonchev–Trinajstić information content (AvgIpc) is 2.67. The zero-order valence-electron chi connectivity index (χ0n) is 15.4. The predicted molar refractivity (Wildman–Crippen MR) is 96.7 cm³/mol. The molecular formula is C19H28N2O5. The number of nitrogens with one attached hydrogen (secondary N) is 2. The zero-order chi connectivity index (χ0) is 18.9. The summed E-state index contributed by atoms with van der Waals surface area (Å²) in [6, 6.07) is 7.30. The molecule has 0 aromatic heterocycles. The van der Waals surface area contributed by atoms with Crippen molar-refractivity contribution in [3.8, 4) is 5.75 Å². The van der Waals surface area contributed by atoms with Gasteiger partial charge in [0, 0.05) is 13.0 Å². The molecule has 0 spiro atoms. The second kappa shape index (κ2) is 10.1. The summed E-state index contributed by atoms with van der Waals surface area (Å²) >= 11 is 0. The molecule has 1 aliphatic rings. The standard InChI is InChI=1S/C19H28N2O5/c1-3-18(23)21-16-9-8-15(26-17(16)12-22)10-19(24)20-11-13-4-6-14(25-2)7-5-13/h4-7,15-17,22H,3,8-12H2,1-2H3,(H,20,24)(H,21,23)/t15-,16-,17+/m1/s1. The SMILES string of the molecule is CCC(=O)N[C@@H]1CC[C@H](CC(=O)NCc2ccc(OC)cc2)O[C@H]1CO. The Bertz CT molecular complexity index is 590. The molecule has 2 rings (SSSR count). The van der Waals surface area contributed by atoms with Crippen LogP contribution in [0.2, 0.25) is 0 Å². The highest BCUT2D eigenvalue weighted by molar-refractivity contribution is 5.76. The number of carbonyl (C=O) groups is 2. The number of aliphatic hydroxyl groups excluding tert-OH is 1. The monoisotopic (exact) mass is 364 g/mol. The molecule has 0 saturated carbocycles. The van der Waals surface area contributed by atoms with Gasteiger partial charge >= 0.3 is 0 Å². The van der Waals surface area contributed by atoms with Gasteiger partial charge in [0.1, 0.15) is 11.9 Å². The van der Waals surface area contributed by atoms with Crippen LogP contribution >= 0.6 is 0 Å². The van der Waals surface area contributed by atoms with Crippen LogP contribution in [0.25, 0.3) is 0 Å². The molecule has 2 amide bonds. The van der Waals surface area contributed by atoms with Crippen LogP contribution in [0.1, 0.15) is 38.2 Å². The summed E-state index contributed by atoms with van der Waals surface area (Å²) in [6.45, 7) is 2.04. The maximum absolute atomic E-state index is 12.2. The molecule has 0 radical (unpaired) electrons. The maximum Gasteiger partial charge on any atom is 0.222 e. The summed E-state index contributed by atoms with van der Waals surface area (Å²) in [7, 11) is 1.61. The molecule has 1 aliphatic heterocycles. The first kappa shape index (κ1) is 20.2. The molecule has 7 nitrogen and oxygen atoms in total. The largest absolute Gasteiger partial charge is 0.497 e. The van der Waals surface area contributed by atoms with E-state index in [4.69, 9.17) is 9.47 Å². The van der Waals surface area contributed by atoms with Crippen molar-refractivity contribution in [3.05, 3.63) is 29.8 Å². The molecular weight excluding hydrogens is 336 g/mol. The number of hydrogen-bond donors (Lipinski definition) is 3. The van der Waals surface area contributed by atoms with Crippen molar-refractivity contribution in [2.75, 3.05) is 13.7 Å². The Morgan fingerprint density at radius 3 is 2.58 bits per heavy atom. The molecule has 7 heteroatoms. The van der Waals surface area contributed by atoms with E-state index in [-0.39, 0.29) is 37.0 Å². The lowest BCUT2D eigenvalue weighted by Gasteiger charge is -2.36. The molecule has 1 saturated heterocycles. The first-order valence-electron chi connectivity index (χ1n) is 9.01. The lowest BCUT2D eigenvalue weighted by Crippen LogP contribution is -2.51. The number of carbonyl (C=O) groups excluding carboxylic acids is 2. The van der Waals surface area contributed by atoms with Gasteiger partial charge in [-0.1, -0.05) is 19.1 Å². The van der Waals surface area contributed by atoms with Gasteiger partial charge in [-0.15, -0.1) is 0 Å². The quantitative estimate of drug-likeness (QED) is 0.643. The lowest BCUT2D eigenvalue weighted by molar-refractivity contribution is -0.135. The Labute approximate surface area is 154 Å². The summed E-state index contributed by atoms with van der Waals surface area (Å²) < 4.78 is 10.9. The fourth-order valence-corrected chi connectivity index (χ4v) is 2.98. The molecule has 1 heterocycles. The number of rotatable bonds is 8. The molecule has 3 N–H and O–H groups in total. The maximum atomic E-state index is 12.2. The number of aliphatic hydroxyl groups is 1. The van der Waals surface area contributed by atoms with Gasteiger partial charge in [-0.3, -0.25) is 9.59 Å². The molecule has 1 fully saturated rings. The summed E-state index contributed by atoms with van der Waals surface area (Å²) in [4.78, 5) is 23.7. The summed E-state index contributed by atoms with van der Waals surface area (Å²) in [5.74, 6) is 0.613. The molecule has 1 aromatic carbocycles. The zero-order valence-corrected chi connectivity index (χ0v) is 15.4. The van der Waals surface area contributed by atoms with Crippen LogP contribution in [0.15, 0.2) is 24.3 Å².